The molecule has 1 aromatic rings. The highest BCUT2D eigenvalue weighted by atomic mass is 32.2. The van der Waals surface area contributed by atoms with Gasteiger partial charge in [0.05, 0.1) is 0 Å². The van der Waals surface area contributed by atoms with Crippen molar-refractivity contribution in [2.45, 2.75) is 43.5 Å². The van der Waals surface area contributed by atoms with E-state index in [0.717, 1.165) is 11.1 Å². The number of allylic oxidation sites excluding steroid dienone is 1. The van der Waals surface area contributed by atoms with Crippen molar-refractivity contribution >= 4 is 35.5 Å². The van der Waals surface area contributed by atoms with E-state index < -0.39 is 42.4 Å². The minimum absolute atomic E-state index is 0.00851. The van der Waals surface area contributed by atoms with Gasteiger partial charge in [-0.3, -0.25) is 19.2 Å². The molecule has 3 atom stereocenters. The monoisotopic (exact) mass is 451 g/mol. The van der Waals surface area contributed by atoms with E-state index in [1.165, 1.54) is 11.8 Å². The minimum Gasteiger partial charge on any atom is -0.480 e. The normalized spacial score (nSPS) is 13.5. The first kappa shape index (κ1) is 26.2. The Labute approximate surface area is 185 Å². The molecule has 31 heavy (non-hydrogen) atoms. The Hall–Kier alpha value is -2.85. The van der Waals surface area contributed by atoms with Crippen LogP contribution in [0, 0.1) is 0 Å². The molecule has 9 nitrogen and oxygen atoms in total. The van der Waals surface area contributed by atoms with Crippen LogP contribution in [0.25, 0.3) is 0 Å². The van der Waals surface area contributed by atoms with E-state index in [9.17, 15) is 19.2 Å². The maximum absolute atomic E-state index is 12.5. The molecule has 1 rings (SSSR count). The van der Waals surface area contributed by atoms with Gasteiger partial charge in [-0.25, -0.2) is 0 Å². The summed E-state index contributed by atoms with van der Waals surface area (Å²) in [5.41, 5.74) is 7.41. The molecule has 0 spiro atoms. The van der Waals surface area contributed by atoms with Crippen LogP contribution in [-0.2, 0) is 19.2 Å². The SMILES string of the molecule is C=C(C)CC(SC[C@H](NC(=O)CC[C@@H](N)C(=O)O)C(=O)NCC(=O)O)c1ccccc1. The highest BCUT2D eigenvalue weighted by Crippen LogP contribution is 2.34. The molecule has 0 radical (unpaired) electrons. The highest BCUT2D eigenvalue weighted by molar-refractivity contribution is 7.99. The Morgan fingerprint density at radius 1 is 1.16 bits per heavy atom. The summed E-state index contributed by atoms with van der Waals surface area (Å²) in [4.78, 5) is 46.3. The molecule has 0 aliphatic rings. The molecule has 1 aromatic carbocycles. The van der Waals surface area contributed by atoms with Crippen LogP contribution in [0.15, 0.2) is 42.5 Å². The lowest BCUT2D eigenvalue weighted by atomic mass is 10.1. The Morgan fingerprint density at radius 3 is 2.35 bits per heavy atom. The molecule has 0 bridgehead atoms. The number of carboxylic acid groups (broad SMARTS) is 2. The number of nitrogens with one attached hydrogen (secondary N) is 2. The summed E-state index contributed by atoms with van der Waals surface area (Å²) in [6.45, 7) is 5.28. The topological polar surface area (TPSA) is 159 Å². The van der Waals surface area contributed by atoms with Crippen molar-refractivity contribution in [1.29, 1.82) is 0 Å². The Balaban J connectivity index is 2.84. The standard InChI is InChI=1S/C21H29N3O6S/c1-13(2)10-17(14-6-4-3-5-7-14)31-12-16(20(28)23-11-19(26)27)24-18(25)9-8-15(22)21(29)30/h3-7,15-17H,1,8-12,22H2,2H3,(H,23,28)(H,24,25)(H,26,27)(H,29,30)/t15-,16+,17?/m1/s1. The first-order chi connectivity index (χ1) is 14.6. The van der Waals surface area contributed by atoms with Crippen molar-refractivity contribution in [2.24, 2.45) is 5.73 Å². The second-order valence-electron chi connectivity index (χ2n) is 7.11. The molecule has 0 saturated carbocycles. The summed E-state index contributed by atoms with van der Waals surface area (Å²) < 4.78 is 0. The molecule has 0 aliphatic carbocycles. The Bertz CT molecular complexity index is 787. The van der Waals surface area contributed by atoms with Gasteiger partial charge >= 0.3 is 11.9 Å². The second kappa shape index (κ2) is 13.5. The van der Waals surface area contributed by atoms with E-state index in [2.05, 4.69) is 17.2 Å². The third-order valence-corrected chi connectivity index (χ3v) is 5.60. The zero-order chi connectivity index (χ0) is 23.4. The third kappa shape index (κ3) is 10.7. The molecule has 6 N–H and O–H groups in total. The molecule has 0 aliphatic heterocycles. The number of nitrogens with two attached hydrogens (primary N) is 1. The van der Waals surface area contributed by atoms with E-state index in [4.69, 9.17) is 15.9 Å². The molecule has 170 valence electrons. The maximum Gasteiger partial charge on any atom is 0.322 e. The van der Waals surface area contributed by atoms with Crippen LogP contribution in [0.1, 0.15) is 37.0 Å². The van der Waals surface area contributed by atoms with Gasteiger partial charge in [0, 0.05) is 17.4 Å². The van der Waals surface area contributed by atoms with Gasteiger partial charge in [-0.2, -0.15) is 11.8 Å². The molecule has 2 amide bonds. The summed E-state index contributed by atoms with van der Waals surface area (Å²) >= 11 is 1.44. The second-order valence-corrected chi connectivity index (χ2v) is 8.34. The lowest BCUT2D eigenvalue weighted by Gasteiger charge is -2.22. The summed E-state index contributed by atoms with van der Waals surface area (Å²) in [6.07, 6.45) is 0.411. The van der Waals surface area contributed by atoms with Gasteiger partial charge in [0.1, 0.15) is 18.6 Å². The molecule has 0 saturated heterocycles. The van der Waals surface area contributed by atoms with Crippen LogP contribution in [0.5, 0.6) is 0 Å². The quantitative estimate of drug-likeness (QED) is 0.265. The van der Waals surface area contributed by atoms with Crippen LogP contribution in [-0.4, -0.2) is 58.3 Å². The first-order valence-corrected chi connectivity index (χ1v) is 10.7. The van der Waals surface area contributed by atoms with Gasteiger partial charge in [0.2, 0.25) is 11.8 Å². The minimum atomic E-state index is -1.22. The average molecular weight is 452 g/mol. The lowest BCUT2D eigenvalue weighted by molar-refractivity contribution is -0.139. The van der Waals surface area contributed by atoms with Crippen LogP contribution in [0.2, 0.25) is 0 Å². The third-order valence-electron chi connectivity index (χ3n) is 4.23. The number of aliphatic carboxylic acids is 2. The molecule has 1 unspecified atom stereocenters. The maximum atomic E-state index is 12.5. The number of benzene rings is 1. The summed E-state index contributed by atoms with van der Waals surface area (Å²) in [5.74, 6) is -3.40. The fourth-order valence-corrected chi connectivity index (χ4v) is 4.03. The smallest absolute Gasteiger partial charge is 0.322 e. The van der Waals surface area contributed by atoms with Gasteiger partial charge in [0.15, 0.2) is 0 Å². The van der Waals surface area contributed by atoms with E-state index in [0.29, 0.717) is 6.42 Å². The average Bonchev–Trinajstić information content (AvgIpc) is 2.72. The number of hydrogen-bond acceptors (Lipinski definition) is 6. The van der Waals surface area contributed by atoms with Gasteiger partial charge in [-0.05, 0) is 25.3 Å². The van der Waals surface area contributed by atoms with Gasteiger partial charge in [-0.1, -0.05) is 35.9 Å². The fourth-order valence-electron chi connectivity index (χ4n) is 2.61. The summed E-state index contributed by atoms with van der Waals surface area (Å²) in [7, 11) is 0. The predicted molar refractivity (Wildman–Crippen MR) is 118 cm³/mol. The van der Waals surface area contributed by atoms with Crippen molar-refractivity contribution in [2.75, 3.05) is 12.3 Å². The molecular weight excluding hydrogens is 422 g/mol. The molecule has 10 heteroatoms. The van der Waals surface area contributed by atoms with E-state index in [1.54, 1.807) is 0 Å². The van der Waals surface area contributed by atoms with Crippen LogP contribution < -0.4 is 16.4 Å². The van der Waals surface area contributed by atoms with Crippen molar-refractivity contribution < 1.29 is 29.4 Å². The van der Waals surface area contributed by atoms with Crippen molar-refractivity contribution in [3.8, 4) is 0 Å². The highest BCUT2D eigenvalue weighted by Gasteiger charge is 2.24. The molecule has 0 heterocycles. The van der Waals surface area contributed by atoms with Crippen molar-refractivity contribution in [1.82, 2.24) is 10.6 Å². The van der Waals surface area contributed by atoms with Gasteiger partial charge in [-0.15, -0.1) is 6.58 Å². The molecule has 0 aromatic heterocycles. The van der Waals surface area contributed by atoms with Gasteiger partial charge in [0.25, 0.3) is 0 Å². The predicted octanol–water partition coefficient (Wildman–Crippen LogP) is 1.30. The molecular formula is C21H29N3O6S. The number of rotatable bonds is 14. The lowest BCUT2D eigenvalue weighted by Crippen LogP contribution is -2.49. The number of carboxylic acids is 2. The Morgan fingerprint density at radius 2 is 1.81 bits per heavy atom. The van der Waals surface area contributed by atoms with Crippen molar-refractivity contribution in [3.63, 3.8) is 0 Å². The number of carbonyl (C=O) groups is 4. The van der Waals surface area contributed by atoms with Crippen LogP contribution >= 0.6 is 11.8 Å². The zero-order valence-electron chi connectivity index (χ0n) is 17.4. The van der Waals surface area contributed by atoms with Crippen LogP contribution in [0.4, 0.5) is 0 Å². The zero-order valence-corrected chi connectivity index (χ0v) is 18.2. The number of thioether (sulfide) groups is 1. The van der Waals surface area contributed by atoms with E-state index >= 15 is 0 Å². The number of carbonyl (C=O) groups excluding carboxylic acids is 2. The number of hydrogen-bond donors (Lipinski definition) is 5. The van der Waals surface area contributed by atoms with Crippen molar-refractivity contribution in [3.05, 3.63) is 48.0 Å². The first-order valence-electron chi connectivity index (χ1n) is 9.68. The van der Waals surface area contributed by atoms with Crippen LogP contribution in [0.3, 0.4) is 0 Å². The van der Waals surface area contributed by atoms with E-state index in [1.807, 2.05) is 37.3 Å². The Kier molecular flexibility index (Phi) is 11.4. The molecule has 0 fully saturated rings. The van der Waals surface area contributed by atoms with E-state index in [-0.39, 0.29) is 23.8 Å². The largest absolute Gasteiger partial charge is 0.480 e. The number of amides is 2. The summed E-state index contributed by atoms with van der Waals surface area (Å²) in [5, 5.41) is 22.5. The fraction of sp³-hybridized carbons (Fsp3) is 0.429. The summed E-state index contributed by atoms with van der Waals surface area (Å²) in [6, 6.07) is 7.47. The van der Waals surface area contributed by atoms with Gasteiger partial charge < -0.3 is 26.6 Å².